The molecule has 0 aliphatic carbocycles. The van der Waals surface area contributed by atoms with E-state index >= 15 is 0 Å². The summed E-state index contributed by atoms with van der Waals surface area (Å²) in [6.07, 6.45) is 0. The molecule has 1 saturated heterocycles. The standard InChI is InChI=1S/C15H22N2O3/c1-15(2)9-16-4-5-17(15)8-11-6-12(18-3)14-13(7-11)19-10-20-14/h6-7,16H,4-5,8-10H2,1-3H3. The third kappa shape index (κ3) is 2.43. The zero-order valence-electron chi connectivity index (χ0n) is 12.4. The lowest BCUT2D eigenvalue weighted by molar-refractivity contribution is 0.0826. The molecule has 1 N–H and O–H groups in total. The molecule has 1 aromatic carbocycles. The van der Waals surface area contributed by atoms with Gasteiger partial charge in [0.2, 0.25) is 12.5 Å². The summed E-state index contributed by atoms with van der Waals surface area (Å²) in [5.74, 6) is 2.26. The smallest absolute Gasteiger partial charge is 0.231 e. The molecule has 2 aliphatic rings. The maximum Gasteiger partial charge on any atom is 0.231 e. The second kappa shape index (κ2) is 5.14. The maximum absolute atomic E-state index is 5.49. The molecule has 5 nitrogen and oxygen atoms in total. The minimum Gasteiger partial charge on any atom is -0.493 e. The van der Waals surface area contributed by atoms with Gasteiger partial charge >= 0.3 is 0 Å². The topological polar surface area (TPSA) is 43.0 Å². The third-order valence-corrected chi connectivity index (χ3v) is 4.06. The third-order valence-electron chi connectivity index (χ3n) is 4.06. The van der Waals surface area contributed by atoms with Crippen LogP contribution in [0.1, 0.15) is 19.4 Å². The average Bonchev–Trinajstić information content (AvgIpc) is 2.88. The summed E-state index contributed by atoms with van der Waals surface area (Å²) < 4.78 is 16.3. The van der Waals surface area contributed by atoms with Crippen molar-refractivity contribution in [1.82, 2.24) is 10.2 Å². The molecule has 2 aliphatic heterocycles. The van der Waals surface area contributed by atoms with Crippen LogP contribution in [0.5, 0.6) is 17.2 Å². The van der Waals surface area contributed by atoms with E-state index in [9.17, 15) is 0 Å². The van der Waals surface area contributed by atoms with Gasteiger partial charge in [-0.1, -0.05) is 0 Å². The molecule has 0 spiro atoms. The van der Waals surface area contributed by atoms with Gasteiger partial charge in [-0.2, -0.15) is 0 Å². The van der Waals surface area contributed by atoms with E-state index in [2.05, 4.69) is 30.1 Å². The molecule has 0 bridgehead atoms. The predicted octanol–water partition coefficient (Wildman–Crippen LogP) is 1.61. The van der Waals surface area contributed by atoms with Gasteiger partial charge in [0.05, 0.1) is 7.11 Å². The Morgan fingerprint density at radius 1 is 1.35 bits per heavy atom. The number of methoxy groups -OCH3 is 1. The van der Waals surface area contributed by atoms with E-state index in [4.69, 9.17) is 14.2 Å². The number of benzene rings is 1. The van der Waals surface area contributed by atoms with Crippen molar-refractivity contribution in [1.29, 1.82) is 0 Å². The first kappa shape index (κ1) is 13.5. The summed E-state index contributed by atoms with van der Waals surface area (Å²) >= 11 is 0. The first-order valence-corrected chi connectivity index (χ1v) is 7.02. The summed E-state index contributed by atoms with van der Waals surface area (Å²) in [5.41, 5.74) is 1.35. The zero-order chi connectivity index (χ0) is 14.2. The molecule has 0 atom stereocenters. The van der Waals surface area contributed by atoms with Crippen LogP contribution in [0.4, 0.5) is 0 Å². The van der Waals surface area contributed by atoms with Gasteiger partial charge in [0.25, 0.3) is 0 Å². The Hall–Kier alpha value is -1.46. The maximum atomic E-state index is 5.49. The van der Waals surface area contributed by atoms with Crippen LogP contribution in [0.3, 0.4) is 0 Å². The molecular weight excluding hydrogens is 256 g/mol. The Bertz CT molecular complexity index is 502. The molecule has 1 fully saturated rings. The van der Waals surface area contributed by atoms with E-state index in [1.165, 1.54) is 5.56 Å². The molecule has 1 aromatic rings. The van der Waals surface area contributed by atoms with E-state index in [-0.39, 0.29) is 12.3 Å². The Morgan fingerprint density at radius 2 is 2.20 bits per heavy atom. The molecule has 0 amide bonds. The van der Waals surface area contributed by atoms with Crippen molar-refractivity contribution in [2.45, 2.75) is 25.9 Å². The van der Waals surface area contributed by atoms with Crippen LogP contribution in [0.2, 0.25) is 0 Å². The molecule has 20 heavy (non-hydrogen) atoms. The van der Waals surface area contributed by atoms with Crippen LogP contribution < -0.4 is 19.5 Å². The summed E-state index contributed by atoms with van der Waals surface area (Å²) in [6, 6.07) is 4.11. The molecule has 0 saturated carbocycles. The molecule has 0 radical (unpaired) electrons. The summed E-state index contributed by atoms with van der Waals surface area (Å²) in [5, 5.41) is 3.44. The van der Waals surface area contributed by atoms with Crippen molar-refractivity contribution in [3.05, 3.63) is 17.7 Å². The van der Waals surface area contributed by atoms with Crippen molar-refractivity contribution in [3.63, 3.8) is 0 Å². The minimum absolute atomic E-state index is 0.155. The molecule has 110 valence electrons. The molecule has 0 unspecified atom stereocenters. The van der Waals surface area contributed by atoms with Crippen LogP contribution in [0.15, 0.2) is 12.1 Å². The highest BCUT2D eigenvalue weighted by atomic mass is 16.7. The molecular formula is C15H22N2O3. The number of rotatable bonds is 3. The largest absolute Gasteiger partial charge is 0.493 e. The fraction of sp³-hybridized carbons (Fsp3) is 0.600. The van der Waals surface area contributed by atoms with Gasteiger partial charge in [-0.25, -0.2) is 0 Å². The van der Waals surface area contributed by atoms with Gasteiger partial charge in [-0.15, -0.1) is 0 Å². The number of hydrogen-bond acceptors (Lipinski definition) is 5. The number of nitrogens with zero attached hydrogens (tertiary/aromatic N) is 1. The first-order valence-electron chi connectivity index (χ1n) is 7.02. The number of nitrogens with one attached hydrogen (secondary N) is 1. The Kier molecular flexibility index (Phi) is 3.48. The van der Waals surface area contributed by atoms with E-state index < -0.39 is 0 Å². The predicted molar refractivity (Wildman–Crippen MR) is 76.5 cm³/mol. The normalized spacial score (nSPS) is 20.9. The van der Waals surface area contributed by atoms with Crippen LogP contribution >= 0.6 is 0 Å². The van der Waals surface area contributed by atoms with Crippen LogP contribution in [0.25, 0.3) is 0 Å². The monoisotopic (exact) mass is 278 g/mol. The number of piperazine rings is 1. The van der Waals surface area contributed by atoms with Gasteiger partial charge in [-0.3, -0.25) is 4.90 Å². The van der Waals surface area contributed by atoms with Crippen molar-refractivity contribution < 1.29 is 14.2 Å². The fourth-order valence-corrected chi connectivity index (χ4v) is 2.81. The minimum atomic E-state index is 0.155. The van der Waals surface area contributed by atoms with E-state index in [0.717, 1.165) is 43.4 Å². The van der Waals surface area contributed by atoms with Gasteiger partial charge in [0.15, 0.2) is 11.5 Å². The Morgan fingerprint density at radius 3 is 2.95 bits per heavy atom. The average molecular weight is 278 g/mol. The van der Waals surface area contributed by atoms with E-state index in [1.807, 2.05) is 6.07 Å². The van der Waals surface area contributed by atoms with Crippen LogP contribution in [0, 0.1) is 0 Å². The highest BCUT2D eigenvalue weighted by molar-refractivity contribution is 5.55. The number of hydrogen-bond donors (Lipinski definition) is 1. The molecule has 0 aromatic heterocycles. The second-order valence-electron chi connectivity index (χ2n) is 5.94. The fourth-order valence-electron chi connectivity index (χ4n) is 2.81. The Labute approximate surface area is 119 Å². The van der Waals surface area contributed by atoms with Crippen molar-refractivity contribution in [2.24, 2.45) is 0 Å². The summed E-state index contributed by atoms with van der Waals surface area (Å²) in [6.45, 7) is 8.78. The first-order chi connectivity index (χ1) is 9.60. The number of fused-ring (bicyclic) bond motifs is 1. The van der Waals surface area contributed by atoms with Crippen molar-refractivity contribution in [3.8, 4) is 17.2 Å². The zero-order valence-corrected chi connectivity index (χ0v) is 12.4. The van der Waals surface area contributed by atoms with E-state index in [0.29, 0.717) is 0 Å². The lowest BCUT2D eigenvalue weighted by Gasteiger charge is -2.43. The highest BCUT2D eigenvalue weighted by Crippen LogP contribution is 2.42. The van der Waals surface area contributed by atoms with E-state index in [1.54, 1.807) is 7.11 Å². The summed E-state index contributed by atoms with van der Waals surface area (Å²) in [4.78, 5) is 2.49. The SMILES string of the molecule is COc1cc(CN2CCNCC2(C)C)cc2c1OCO2. The number of ether oxygens (including phenoxy) is 3. The van der Waals surface area contributed by atoms with Gasteiger partial charge < -0.3 is 19.5 Å². The molecule has 3 rings (SSSR count). The summed E-state index contributed by atoms with van der Waals surface area (Å²) in [7, 11) is 1.66. The van der Waals surface area contributed by atoms with Crippen LogP contribution in [-0.2, 0) is 6.54 Å². The second-order valence-corrected chi connectivity index (χ2v) is 5.94. The Balaban J connectivity index is 1.84. The lowest BCUT2D eigenvalue weighted by atomic mass is 9.99. The molecule has 5 heteroatoms. The van der Waals surface area contributed by atoms with Gasteiger partial charge in [0, 0.05) is 31.7 Å². The van der Waals surface area contributed by atoms with Crippen molar-refractivity contribution >= 4 is 0 Å². The van der Waals surface area contributed by atoms with Crippen LogP contribution in [-0.4, -0.2) is 44.0 Å². The van der Waals surface area contributed by atoms with Gasteiger partial charge in [0.1, 0.15) is 0 Å². The quantitative estimate of drug-likeness (QED) is 0.910. The highest BCUT2D eigenvalue weighted by Gasteiger charge is 2.30. The van der Waals surface area contributed by atoms with Crippen molar-refractivity contribution in [2.75, 3.05) is 33.5 Å². The lowest BCUT2D eigenvalue weighted by Crippen LogP contribution is -2.57. The van der Waals surface area contributed by atoms with Gasteiger partial charge in [-0.05, 0) is 31.5 Å². The molecule has 2 heterocycles.